The molecule has 0 amide bonds. The SMILES string of the molecule is COC(=O)C1CCC(C(=O)OC2CCC(C(C)(C)C3CCC(C)CC3)CC2)CC1. The third-order valence-electron chi connectivity index (χ3n) is 8.67. The fourth-order valence-electron chi connectivity index (χ4n) is 6.25. The van der Waals surface area contributed by atoms with Crippen LogP contribution in [0.5, 0.6) is 0 Å². The van der Waals surface area contributed by atoms with Gasteiger partial charge in [0, 0.05) is 0 Å². The van der Waals surface area contributed by atoms with Crippen LogP contribution in [0, 0.1) is 35.0 Å². The predicted molar refractivity (Wildman–Crippen MR) is 114 cm³/mol. The minimum atomic E-state index is -0.134. The topological polar surface area (TPSA) is 52.6 Å². The molecule has 0 radical (unpaired) electrons. The summed E-state index contributed by atoms with van der Waals surface area (Å²) >= 11 is 0. The molecular formula is C25H42O4. The van der Waals surface area contributed by atoms with Crippen molar-refractivity contribution in [3.05, 3.63) is 0 Å². The largest absolute Gasteiger partial charge is 0.469 e. The van der Waals surface area contributed by atoms with Crippen LogP contribution < -0.4 is 0 Å². The van der Waals surface area contributed by atoms with Gasteiger partial charge >= 0.3 is 11.9 Å². The first-order valence-electron chi connectivity index (χ1n) is 12.1. The highest BCUT2D eigenvalue weighted by atomic mass is 16.5. The molecule has 3 rings (SSSR count). The lowest BCUT2D eigenvalue weighted by atomic mass is 9.60. The van der Waals surface area contributed by atoms with Crippen LogP contribution in [0.4, 0.5) is 0 Å². The molecule has 0 N–H and O–H groups in total. The van der Waals surface area contributed by atoms with Gasteiger partial charge in [0.05, 0.1) is 18.9 Å². The molecule has 3 aliphatic carbocycles. The third-order valence-corrected chi connectivity index (χ3v) is 8.67. The number of carbonyl (C=O) groups excluding carboxylic acids is 2. The first-order valence-corrected chi connectivity index (χ1v) is 12.1. The van der Waals surface area contributed by atoms with Gasteiger partial charge in [-0.1, -0.05) is 33.6 Å². The van der Waals surface area contributed by atoms with Crippen molar-refractivity contribution in [1.82, 2.24) is 0 Å². The highest BCUT2D eigenvalue weighted by molar-refractivity contribution is 5.75. The van der Waals surface area contributed by atoms with E-state index in [2.05, 4.69) is 20.8 Å². The zero-order chi connectivity index (χ0) is 21.0. The summed E-state index contributed by atoms with van der Waals surface area (Å²) in [5.74, 6) is 2.28. The van der Waals surface area contributed by atoms with Gasteiger partial charge < -0.3 is 9.47 Å². The molecule has 0 spiro atoms. The summed E-state index contributed by atoms with van der Waals surface area (Å²) in [4.78, 5) is 24.3. The molecule has 4 heteroatoms. The first kappa shape index (κ1) is 22.6. The summed E-state index contributed by atoms with van der Waals surface area (Å²) in [6.07, 6.45) is 13.0. The number of hydrogen-bond donors (Lipinski definition) is 0. The molecule has 0 unspecified atom stereocenters. The second-order valence-corrected chi connectivity index (χ2v) is 10.8. The maximum atomic E-state index is 12.6. The van der Waals surface area contributed by atoms with Gasteiger partial charge in [-0.15, -0.1) is 0 Å². The molecule has 0 atom stereocenters. The molecule has 166 valence electrons. The molecule has 0 aromatic carbocycles. The van der Waals surface area contributed by atoms with E-state index in [0.29, 0.717) is 5.41 Å². The van der Waals surface area contributed by atoms with Gasteiger partial charge in [0.1, 0.15) is 6.10 Å². The summed E-state index contributed by atoms with van der Waals surface area (Å²) in [6.45, 7) is 7.37. The Balaban J connectivity index is 1.41. The lowest BCUT2D eigenvalue weighted by Crippen LogP contribution is -2.39. The van der Waals surface area contributed by atoms with E-state index in [9.17, 15) is 9.59 Å². The van der Waals surface area contributed by atoms with Crippen LogP contribution in [0.3, 0.4) is 0 Å². The Labute approximate surface area is 177 Å². The molecule has 0 bridgehead atoms. The van der Waals surface area contributed by atoms with E-state index in [-0.39, 0.29) is 29.9 Å². The lowest BCUT2D eigenvalue weighted by Gasteiger charge is -2.46. The predicted octanol–water partition coefficient (Wildman–Crippen LogP) is 5.92. The van der Waals surface area contributed by atoms with Crippen LogP contribution in [-0.4, -0.2) is 25.2 Å². The van der Waals surface area contributed by atoms with Crippen molar-refractivity contribution >= 4 is 11.9 Å². The molecule has 0 aromatic heterocycles. The standard InChI is InChI=1S/C25H42O4/c1-17-5-11-20(12-6-17)25(2,3)21-13-15-22(16-14-21)29-24(27)19-9-7-18(8-10-19)23(26)28-4/h17-22H,5-16H2,1-4H3. The smallest absolute Gasteiger partial charge is 0.309 e. The third kappa shape index (κ3) is 5.55. The Bertz CT molecular complexity index is 545. The van der Waals surface area contributed by atoms with E-state index in [1.165, 1.54) is 45.6 Å². The van der Waals surface area contributed by atoms with Gasteiger partial charge in [-0.25, -0.2) is 0 Å². The summed E-state index contributed by atoms with van der Waals surface area (Å²) in [6, 6.07) is 0. The molecule has 0 aromatic rings. The van der Waals surface area contributed by atoms with E-state index in [0.717, 1.165) is 56.3 Å². The first-order chi connectivity index (χ1) is 13.8. The van der Waals surface area contributed by atoms with E-state index >= 15 is 0 Å². The highest BCUT2D eigenvalue weighted by Crippen LogP contribution is 2.49. The number of ether oxygens (including phenoxy) is 2. The molecule has 4 nitrogen and oxygen atoms in total. The van der Waals surface area contributed by atoms with Crippen molar-refractivity contribution in [3.63, 3.8) is 0 Å². The number of methoxy groups -OCH3 is 1. The Morgan fingerprint density at radius 2 is 1.14 bits per heavy atom. The Morgan fingerprint density at radius 3 is 1.62 bits per heavy atom. The van der Waals surface area contributed by atoms with Crippen LogP contribution in [0.2, 0.25) is 0 Å². The van der Waals surface area contributed by atoms with Crippen LogP contribution in [0.1, 0.15) is 97.8 Å². The average molecular weight is 407 g/mol. The van der Waals surface area contributed by atoms with Gasteiger partial charge in [-0.2, -0.15) is 0 Å². The van der Waals surface area contributed by atoms with Crippen molar-refractivity contribution in [2.75, 3.05) is 7.11 Å². The summed E-state index contributed by atoms with van der Waals surface area (Å²) in [7, 11) is 1.44. The fraction of sp³-hybridized carbons (Fsp3) is 0.920. The molecule has 0 saturated heterocycles. The van der Waals surface area contributed by atoms with Crippen molar-refractivity contribution in [2.45, 2.75) is 104 Å². The Morgan fingerprint density at radius 1 is 0.690 bits per heavy atom. The number of hydrogen-bond acceptors (Lipinski definition) is 4. The molecule has 3 aliphatic rings. The maximum Gasteiger partial charge on any atom is 0.309 e. The molecule has 3 fully saturated rings. The van der Waals surface area contributed by atoms with Crippen LogP contribution >= 0.6 is 0 Å². The minimum Gasteiger partial charge on any atom is -0.469 e. The molecule has 0 heterocycles. The Kier molecular flexibility index (Phi) is 7.67. The maximum absolute atomic E-state index is 12.6. The fourth-order valence-corrected chi connectivity index (χ4v) is 6.25. The second-order valence-electron chi connectivity index (χ2n) is 10.8. The summed E-state index contributed by atoms with van der Waals surface area (Å²) in [5, 5.41) is 0. The quantitative estimate of drug-likeness (QED) is 0.532. The van der Waals surface area contributed by atoms with Gasteiger partial charge in [0.25, 0.3) is 0 Å². The minimum absolute atomic E-state index is 0.0303. The van der Waals surface area contributed by atoms with Gasteiger partial charge in [0.15, 0.2) is 0 Å². The van der Waals surface area contributed by atoms with Crippen molar-refractivity contribution < 1.29 is 19.1 Å². The lowest BCUT2D eigenvalue weighted by molar-refractivity contribution is -0.160. The number of esters is 2. The molecule has 0 aliphatic heterocycles. The molecular weight excluding hydrogens is 364 g/mol. The normalized spacial score (nSPS) is 36.3. The Hall–Kier alpha value is -1.06. The van der Waals surface area contributed by atoms with Crippen LogP contribution in [-0.2, 0) is 19.1 Å². The zero-order valence-electron chi connectivity index (χ0n) is 19.1. The zero-order valence-corrected chi connectivity index (χ0v) is 19.1. The van der Waals surface area contributed by atoms with Crippen molar-refractivity contribution in [1.29, 1.82) is 0 Å². The van der Waals surface area contributed by atoms with Crippen molar-refractivity contribution in [3.8, 4) is 0 Å². The monoisotopic (exact) mass is 406 g/mol. The van der Waals surface area contributed by atoms with Crippen molar-refractivity contribution in [2.24, 2.45) is 35.0 Å². The molecule has 29 heavy (non-hydrogen) atoms. The number of carbonyl (C=O) groups is 2. The van der Waals surface area contributed by atoms with Crippen LogP contribution in [0.15, 0.2) is 0 Å². The van der Waals surface area contributed by atoms with Gasteiger partial charge in [0.2, 0.25) is 0 Å². The van der Waals surface area contributed by atoms with Gasteiger partial charge in [-0.3, -0.25) is 9.59 Å². The number of rotatable bonds is 5. The molecule has 3 saturated carbocycles. The second kappa shape index (κ2) is 9.83. The highest BCUT2D eigenvalue weighted by Gasteiger charge is 2.41. The summed E-state index contributed by atoms with van der Waals surface area (Å²) < 4.78 is 10.8. The van der Waals surface area contributed by atoms with Gasteiger partial charge in [-0.05, 0) is 87.4 Å². The van der Waals surface area contributed by atoms with E-state index in [1.54, 1.807) is 0 Å². The van der Waals surface area contributed by atoms with E-state index < -0.39 is 0 Å². The average Bonchev–Trinajstić information content (AvgIpc) is 2.74. The van der Waals surface area contributed by atoms with E-state index in [1.807, 2.05) is 0 Å². The van der Waals surface area contributed by atoms with E-state index in [4.69, 9.17) is 9.47 Å². The van der Waals surface area contributed by atoms with Crippen LogP contribution in [0.25, 0.3) is 0 Å². The summed E-state index contributed by atoms with van der Waals surface area (Å²) in [5.41, 5.74) is 0.404.